The topological polar surface area (TPSA) is 46.2 Å². The second-order valence-electron chi connectivity index (χ2n) is 5.52. The van der Waals surface area contributed by atoms with Crippen LogP contribution in [0.2, 0.25) is 0 Å². The lowest BCUT2D eigenvalue weighted by atomic mass is 9.84. The fraction of sp³-hybridized carbons (Fsp3) is 0.429. The summed E-state index contributed by atoms with van der Waals surface area (Å²) in [7, 11) is 0. The standard InChI is InChI=1S/C14H17NO2/c1-14(2,3)10-4-5-12-9(6-10)7-11(16)8-15-13(12)17/h4-6H,7-8H2,1-3H3,(H,15,17). The molecule has 1 aliphatic heterocycles. The lowest BCUT2D eigenvalue weighted by Crippen LogP contribution is -2.26. The molecule has 1 N–H and O–H groups in total. The van der Waals surface area contributed by atoms with E-state index in [-0.39, 0.29) is 23.7 Å². The molecule has 17 heavy (non-hydrogen) atoms. The van der Waals surface area contributed by atoms with Crippen LogP contribution in [0.1, 0.15) is 42.3 Å². The van der Waals surface area contributed by atoms with Gasteiger partial charge in [-0.2, -0.15) is 0 Å². The molecule has 90 valence electrons. The summed E-state index contributed by atoms with van der Waals surface area (Å²) in [5.41, 5.74) is 2.65. The Morgan fingerprint density at radius 2 is 1.88 bits per heavy atom. The third-order valence-corrected chi connectivity index (χ3v) is 3.05. The van der Waals surface area contributed by atoms with E-state index in [1.807, 2.05) is 18.2 Å². The number of fused-ring (bicyclic) bond motifs is 1. The number of rotatable bonds is 0. The Morgan fingerprint density at radius 3 is 2.53 bits per heavy atom. The summed E-state index contributed by atoms with van der Waals surface area (Å²) >= 11 is 0. The van der Waals surface area contributed by atoms with Crippen LogP contribution in [0, 0.1) is 0 Å². The van der Waals surface area contributed by atoms with Crippen LogP contribution in [0.15, 0.2) is 18.2 Å². The molecule has 1 aromatic carbocycles. The zero-order chi connectivity index (χ0) is 12.6. The highest BCUT2D eigenvalue weighted by molar-refractivity contribution is 6.01. The number of nitrogens with one attached hydrogen (secondary N) is 1. The van der Waals surface area contributed by atoms with E-state index >= 15 is 0 Å². The molecule has 1 aliphatic rings. The van der Waals surface area contributed by atoms with E-state index in [1.165, 1.54) is 0 Å². The molecule has 1 heterocycles. The van der Waals surface area contributed by atoms with Crippen molar-refractivity contribution in [1.82, 2.24) is 5.32 Å². The maximum Gasteiger partial charge on any atom is 0.251 e. The van der Waals surface area contributed by atoms with Crippen LogP contribution < -0.4 is 5.32 Å². The predicted octanol–water partition coefficient (Wildman–Crippen LogP) is 1.84. The smallest absolute Gasteiger partial charge is 0.251 e. The van der Waals surface area contributed by atoms with Gasteiger partial charge in [-0.3, -0.25) is 9.59 Å². The van der Waals surface area contributed by atoms with Crippen molar-refractivity contribution in [3.63, 3.8) is 0 Å². The van der Waals surface area contributed by atoms with Gasteiger partial charge in [-0.15, -0.1) is 0 Å². The van der Waals surface area contributed by atoms with Crippen LogP contribution in [-0.2, 0) is 16.6 Å². The molecule has 2 rings (SSSR count). The summed E-state index contributed by atoms with van der Waals surface area (Å²) in [5.74, 6) is -0.0885. The fourth-order valence-corrected chi connectivity index (χ4v) is 1.98. The Hall–Kier alpha value is -1.64. The van der Waals surface area contributed by atoms with Crippen molar-refractivity contribution in [3.8, 4) is 0 Å². The number of hydrogen-bond donors (Lipinski definition) is 1. The first-order chi connectivity index (χ1) is 7.88. The highest BCUT2D eigenvalue weighted by Crippen LogP contribution is 2.25. The van der Waals surface area contributed by atoms with Gasteiger partial charge in [0.25, 0.3) is 5.91 Å². The summed E-state index contributed by atoms with van der Waals surface area (Å²) < 4.78 is 0. The Balaban J connectivity index is 2.50. The van der Waals surface area contributed by atoms with Crippen LogP contribution in [0.25, 0.3) is 0 Å². The number of benzene rings is 1. The van der Waals surface area contributed by atoms with Crippen molar-refractivity contribution < 1.29 is 9.59 Å². The van der Waals surface area contributed by atoms with E-state index in [0.717, 1.165) is 11.1 Å². The number of carbonyl (C=O) groups excluding carboxylic acids is 2. The summed E-state index contributed by atoms with van der Waals surface area (Å²) in [5, 5.41) is 2.62. The minimum Gasteiger partial charge on any atom is -0.345 e. The quantitative estimate of drug-likeness (QED) is 0.740. The predicted molar refractivity (Wildman–Crippen MR) is 66.2 cm³/mol. The SMILES string of the molecule is CC(C)(C)c1ccc2c(c1)CC(=O)CNC2=O. The molecule has 1 aromatic rings. The highest BCUT2D eigenvalue weighted by Gasteiger charge is 2.22. The maximum atomic E-state index is 11.7. The van der Waals surface area contributed by atoms with Gasteiger partial charge in [0.2, 0.25) is 0 Å². The maximum absolute atomic E-state index is 11.7. The van der Waals surface area contributed by atoms with Crippen LogP contribution in [0.5, 0.6) is 0 Å². The number of Topliss-reactive ketones (excluding diaryl/α,β-unsaturated/α-hetero) is 1. The molecule has 0 spiro atoms. The van der Waals surface area contributed by atoms with Crippen molar-refractivity contribution in [1.29, 1.82) is 0 Å². The molecule has 0 unspecified atom stereocenters. The Kier molecular flexibility index (Phi) is 2.77. The molecule has 3 heteroatoms. The summed E-state index contributed by atoms with van der Waals surface area (Å²) in [6, 6.07) is 5.77. The molecule has 0 aromatic heterocycles. The average molecular weight is 231 g/mol. The zero-order valence-corrected chi connectivity index (χ0v) is 10.5. The van der Waals surface area contributed by atoms with Gasteiger partial charge in [-0.25, -0.2) is 0 Å². The molecule has 0 saturated carbocycles. The molecular formula is C14H17NO2. The van der Waals surface area contributed by atoms with E-state index < -0.39 is 0 Å². The van der Waals surface area contributed by atoms with Gasteiger partial charge >= 0.3 is 0 Å². The second kappa shape index (κ2) is 3.99. The molecule has 0 radical (unpaired) electrons. The number of carbonyl (C=O) groups is 2. The molecule has 3 nitrogen and oxygen atoms in total. The molecule has 0 atom stereocenters. The molecule has 0 bridgehead atoms. The Morgan fingerprint density at radius 1 is 1.18 bits per heavy atom. The summed E-state index contributed by atoms with van der Waals surface area (Å²) in [6.45, 7) is 6.49. The molecule has 1 amide bonds. The first kappa shape index (κ1) is 11.8. The first-order valence-corrected chi connectivity index (χ1v) is 5.81. The van der Waals surface area contributed by atoms with Crippen LogP contribution >= 0.6 is 0 Å². The highest BCUT2D eigenvalue weighted by atomic mass is 16.2. The van der Waals surface area contributed by atoms with Crippen LogP contribution in [0.4, 0.5) is 0 Å². The third-order valence-electron chi connectivity index (χ3n) is 3.05. The minimum absolute atomic E-state index is 0.0286. The average Bonchev–Trinajstić information content (AvgIpc) is 2.37. The van der Waals surface area contributed by atoms with Gasteiger partial charge in [-0.05, 0) is 22.6 Å². The summed E-state index contributed by atoms with van der Waals surface area (Å²) in [4.78, 5) is 23.3. The lowest BCUT2D eigenvalue weighted by Gasteiger charge is -2.20. The van der Waals surface area contributed by atoms with E-state index in [1.54, 1.807) is 0 Å². The number of ketones is 1. The lowest BCUT2D eigenvalue weighted by molar-refractivity contribution is -0.117. The normalized spacial score (nSPS) is 16.2. The Labute approximate surface area is 101 Å². The number of hydrogen-bond acceptors (Lipinski definition) is 2. The van der Waals surface area contributed by atoms with Gasteiger partial charge in [0, 0.05) is 12.0 Å². The first-order valence-electron chi connectivity index (χ1n) is 5.81. The van der Waals surface area contributed by atoms with Crippen molar-refractivity contribution >= 4 is 11.7 Å². The number of amides is 1. The van der Waals surface area contributed by atoms with E-state index in [0.29, 0.717) is 12.0 Å². The third kappa shape index (κ3) is 2.38. The van der Waals surface area contributed by atoms with Gasteiger partial charge in [0.05, 0.1) is 6.54 Å². The largest absolute Gasteiger partial charge is 0.345 e. The van der Waals surface area contributed by atoms with E-state index in [2.05, 4.69) is 26.1 Å². The van der Waals surface area contributed by atoms with Crippen molar-refractivity contribution in [2.24, 2.45) is 0 Å². The molecule has 0 fully saturated rings. The monoisotopic (exact) mass is 231 g/mol. The van der Waals surface area contributed by atoms with Crippen LogP contribution in [-0.4, -0.2) is 18.2 Å². The molecule has 0 saturated heterocycles. The zero-order valence-electron chi connectivity index (χ0n) is 10.5. The molecule has 0 aliphatic carbocycles. The Bertz CT molecular complexity index is 483. The summed E-state index contributed by atoms with van der Waals surface area (Å²) in [6.07, 6.45) is 0.345. The fourth-order valence-electron chi connectivity index (χ4n) is 1.98. The van der Waals surface area contributed by atoms with Crippen molar-refractivity contribution in [2.45, 2.75) is 32.6 Å². The second-order valence-corrected chi connectivity index (χ2v) is 5.52. The van der Waals surface area contributed by atoms with E-state index in [9.17, 15) is 9.59 Å². The van der Waals surface area contributed by atoms with E-state index in [4.69, 9.17) is 0 Å². The minimum atomic E-state index is -0.147. The van der Waals surface area contributed by atoms with Crippen LogP contribution in [0.3, 0.4) is 0 Å². The van der Waals surface area contributed by atoms with Gasteiger partial charge in [0.1, 0.15) is 0 Å². The molecular weight excluding hydrogens is 214 g/mol. The van der Waals surface area contributed by atoms with Crippen molar-refractivity contribution in [3.05, 3.63) is 34.9 Å². The van der Waals surface area contributed by atoms with Gasteiger partial charge < -0.3 is 5.32 Å². The van der Waals surface area contributed by atoms with Gasteiger partial charge in [-0.1, -0.05) is 32.9 Å². The van der Waals surface area contributed by atoms with Gasteiger partial charge in [0.15, 0.2) is 5.78 Å². The van der Waals surface area contributed by atoms with Crippen molar-refractivity contribution in [2.75, 3.05) is 6.54 Å².